The molecule has 0 unspecified atom stereocenters. The Bertz CT molecular complexity index is 1960. The minimum absolute atomic E-state index is 0.0528. The summed E-state index contributed by atoms with van der Waals surface area (Å²) >= 11 is 0. The van der Waals surface area contributed by atoms with Gasteiger partial charge in [0.1, 0.15) is 11.4 Å². The maximum absolute atomic E-state index is 12.4. The Kier molecular flexibility index (Phi) is 9.43. The van der Waals surface area contributed by atoms with Gasteiger partial charge < -0.3 is 5.11 Å². The number of nitrogens with zero attached hydrogens (tertiary/aromatic N) is 4. The maximum Gasteiger partial charge on any atom is 0.335 e. The van der Waals surface area contributed by atoms with Crippen LogP contribution in [0.15, 0.2) is 91.3 Å². The second-order valence-corrected chi connectivity index (χ2v) is 11.6. The lowest BCUT2D eigenvalue weighted by Gasteiger charge is -2.13. The van der Waals surface area contributed by atoms with E-state index in [0.29, 0.717) is 53.4 Å². The molecule has 0 amide bonds. The Morgan fingerprint density at radius 1 is 0.617 bits per heavy atom. The predicted octanol–water partition coefficient (Wildman–Crippen LogP) is 6.84. The summed E-state index contributed by atoms with van der Waals surface area (Å²) in [5, 5.41) is 8.86. The van der Waals surface area contributed by atoms with E-state index in [1.807, 2.05) is 54.6 Å². The average Bonchev–Trinajstić information content (AvgIpc) is 3.11. The maximum atomic E-state index is 12.4. The summed E-state index contributed by atoms with van der Waals surface area (Å²) in [6.07, 6.45) is 9.16. The molecule has 47 heavy (non-hydrogen) atoms. The van der Waals surface area contributed by atoms with Crippen LogP contribution in [0.4, 0.5) is 0 Å². The number of ketones is 3. The summed E-state index contributed by atoms with van der Waals surface area (Å²) in [4.78, 5) is 64.6. The Morgan fingerprint density at radius 3 is 1.60 bits per heavy atom. The van der Waals surface area contributed by atoms with Crippen molar-refractivity contribution in [2.24, 2.45) is 0 Å². The highest BCUT2D eigenvalue weighted by atomic mass is 16.4. The van der Waals surface area contributed by atoms with Gasteiger partial charge in [-0.3, -0.25) is 14.4 Å². The first kappa shape index (κ1) is 31.3. The first-order valence-corrected chi connectivity index (χ1v) is 15.7. The summed E-state index contributed by atoms with van der Waals surface area (Å²) in [5.41, 5.74) is 6.46. The van der Waals surface area contributed by atoms with Crippen LogP contribution in [-0.4, -0.2) is 48.4 Å². The van der Waals surface area contributed by atoms with Crippen LogP contribution >= 0.6 is 0 Å². The van der Waals surface area contributed by atoms with Crippen molar-refractivity contribution in [3.05, 3.63) is 130 Å². The molecule has 0 radical (unpaired) electrons. The minimum Gasteiger partial charge on any atom is -0.478 e. The molecule has 0 atom stereocenters. The van der Waals surface area contributed by atoms with E-state index in [-0.39, 0.29) is 22.9 Å². The smallest absolute Gasteiger partial charge is 0.335 e. The number of aromatic nitrogens is 4. The van der Waals surface area contributed by atoms with Crippen molar-refractivity contribution < 1.29 is 24.3 Å². The SMILES string of the molecule is O=C(CCc1ccccc1)c1ccc(-c2ncc3c(n2)C(=O)CCC3)cc1.O=C(O)c1ccc(-c2ncc3c(n2)C(=O)CCC3)cc1. The van der Waals surface area contributed by atoms with Gasteiger partial charge in [0.15, 0.2) is 29.0 Å². The molecule has 0 bridgehead atoms. The van der Waals surface area contributed by atoms with Crippen LogP contribution in [0, 0.1) is 0 Å². The Hall–Kier alpha value is -5.70. The molecule has 9 nitrogen and oxygen atoms in total. The molecule has 3 aromatic carbocycles. The molecule has 2 heterocycles. The van der Waals surface area contributed by atoms with Crippen LogP contribution < -0.4 is 0 Å². The minimum atomic E-state index is -0.974. The third-order valence-corrected chi connectivity index (χ3v) is 8.30. The molecule has 234 valence electrons. The zero-order valence-electron chi connectivity index (χ0n) is 25.7. The summed E-state index contributed by atoms with van der Waals surface area (Å²) < 4.78 is 0. The number of Topliss-reactive ketones (excluding diaryl/α,β-unsaturated/α-hetero) is 3. The molecule has 2 aliphatic rings. The second kappa shape index (κ2) is 14.2. The molecule has 0 fully saturated rings. The lowest BCUT2D eigenvalue weighted by Crippen LogP contribution is -2.14. The Morgan fingerprint density at radius 2 is 1.11 bits per heavy atom. The zero-order valence-corrected chi connectivity index (χ0v) is 25.7. The molecule has 9 heteroatoms. The van der Waals surface area contributed by atoms with Gasteiger partial charge in [-0.1, -0.05) is 66.7 Å². The highest BCUT2D eigenvalue weighted by molar-refractivity contribution is 5.98. The standard InChI is InChI=1S/C23H20N2O2.C15H12N2O3/c26-20(14-9-16-5-2-1-3-6-16)17-10-12-18(13-11-17)23-24-15-19-7-4-8-21(27)22(19)25-23;18-12-3-1-2-11-8-16-14(17-13(11)12)9-4-6-10(7-5-9)15(19)20/h1-3,5-6,10-13,15H,4,7-9,14H2;4-8H,1-3H2,(H,19,20). The fourth-order valence-corrected chi connectivity index (χ4v) is 5.67. The van der Waals surface area contributed by atoms with Gasteiger partial charge >= 0.3 is 5.97 Å². The molecule has 1 N–H and O–H groups in total. The zero-order chi connectivity index (χ0) is 32.8. The number of hydrogen-bond acceptors (Lipinski definition) is 8. The molecule has 0 saturated heterocycles. The molecule has 0 spiro atoms. The largest absolute Gasteiger partial charge is 0.478 e. The molecular formula is C38H32N4O5. The van der Waals surface area contributed by atoms with Crippen LogP contribution in [0.25, 0.3) is 22.8 Å². The van der Waals surface area contributed by atoms with Crippen LogP contribution in [0.2, 0.25) is 0 Å². The fraction of sp³-hybridized carbons (Fsp3) is 0.211. The number of carboxylic acids is 1. The van der Waals surface area contributed by atoms with Gasteiger partial charge in [-0.2, -0.15) is 0 Å². The number of fused-ring (bicyclic) bond motifs is 2. The van der Waals surface area contributed by atoms with Gasteiger partial charge in [0, 0.05) is 48.3 Å². The Balaban J connectivity index is 0.000000172. The molecule has 0 aliphatic heterocycles. The van der Waals surface area contributed by atoms with E-state index in [0.717, 1.165) is 54.4 Å². The van der Waals surface area contributed by atoms with E-state index in [4.69, 9.17) is 5.11 Å². The quantitative estimate of drug-likeness (QED) is 0.193. The lowest BCUT2D eigenvalue weighted by atomic mass is 9.96. The first-order valence-electron chi connectivity index (χ1n) is 15.7. The number of aryl methyl sites for hydroxylation is 3. The molecule has 2 aliphatic carbocycles. The van der Waals surface area contributed by atoms with Crippen molar-refractivity contribution in [3.63, 3.8) is 0 Å². The van der Waals surface area contributed by atoms with Crippen molar-refractivity contribution in [2.45, 2.75) is 51.4 Å². The van der Waals surface area contributed by atoms with E-state index in [9.17, 15) is 19.2 Å². The van der Waals surface area contributed by atoms with Crippen LogP contribution in [0.1, 0.15) is 90.5 Å². The van der Waals surface area contributed by atoms with Gasteiger partial charge in [0.05, 0.1) is 5.56 Å². The van der Waals surface area contributed by atoms with Crippen LogP contribution in [-0.2, 0) is 19.3 Å². The van der Waals surface area contributed by atoms with Crippen molar-refractivity contribution in [1.29, 1.82) is 0 Å². The summed E-state index contributed by atoms with van der Waals surface area (Å²) in [6, 6.07) is 23.6. The third-order valence-electron chi connectivity index (χ3n) is 8.30. The van der Waals surface area contributed by atoms with Crippen LogP contribution in [0.3, 0.4) is 0 Å². The molecule has 2 aromatic heterocycles. The lowest BCUT2D eigenvalue weighted by molar-refractivity contribution is 0.0696. The van der Waals surface area contributed by atoms with Crippen LogP contribution in [0.5, 0.6) is 0 Å². The summed E-state index contributed by atoms with van der Waals surface area (Å²) in [7, 11) is 0. The van der Waals surface area contributed by atoms with Gasteiger partial charge in [0.25, 0.3) is 0 Å². The number of benzene rings is 3. The van der Waals surface area contributed by atoms with Gasteiger partial charge in [0.2, 0.25) is 0 Å². The average molecular weight is 625 g/mol. The summed E-state index contributed by atoms with van der Waals surface area (Å²) in [5.74, 6) is 0.276. The predicted molar refractivity (Wildman–Crippen MR) is 176 cm³/mol. The Labute approximate surface area is 271 Å². The normalized spacial score (nSPS) is 13.5. The number of carbonyl (C=O) groups excluding carboxylic acids is 3. The third kappa shape index (κ3) is 7.41. The second-order valence-electron chi connectivity index (χ2n) is 11.6. The van der Waals surface area contributed by atoms with Gasteiger partial charge in [-0.25, -0.2) is 24.7 Å². The van der Waals surface area contributed by atoms with Crippen molar-refractivity contribution in [2.75, 3.05) is 0 Å². The van der Waals surface area contributed by atoms with Crippen molar-refractivity contribution >= 4 is 23.3 Å². The van der Waals surface area contributed by atoms with E-state index in [1.54, 1.807) is 24.5 Å². The highest BCUT2D eigenvalue weighted by Gasteiger charge is 2.21. The van der Waals surface area contributed by atoms with Gasteiger partial charge in [-0.05, 0) is 60.9 Å². The highest BCUT2D eigenvalue weighted by Crippen LogP contribution is 2.24. The molecule has 7 rings (SSSR count). The molecule has 0 saturated carbocycles. The molecular weight excluding hydrogens is 592 g/mol. The number of rotatable bonds is 7. The van der Waals surface area contributed by atoms with Gasteiger partial charge in [-0.15, -0.1) is 0 Å². The fourth-order valence-electron chi connectivity index (χ4n) is 5.67. The van der Waals surface area contributed by atoms with E-state index < -0.39 is 5.97 Å². The van der Waals surface area contributed by atoms with E-state index in [2.05, 4.69) is 19.9 Å². The van der Waals surface area contributed by atoms with E-state index >= 15 is 0 Å². The number of aromatic carboxylic acids is 1. The van der Waals surface area contributed by atoms with Crippen molar-refractivity contribution in [1.82, 2.24) is 19.9 Å². The molecule has 5 aromatic rings. The number of carboxylic acid groups (broad SMARTS) is 1. The van der Waals surface area contributed by atoms with E-state index in [1.165, 1.54) is 12.1 Å². The number of carbonyl (C=O) groups is 4. The van der Waals surface area contributed by atoms with Crippen molar-refractivity contribution in [3.8, 4) is 22.8 Å². The monoisotopic (exact) mass is 624 g/mol. The number of hydrogen-bond donors (Lipinski definition) is 1. The summed E-state index contributed by atoms with van der Waals surface area (Å²) in [6.45, 7) is 0. The topological polar surface area (TPSA) is 140 Å². The first-order chi connectivity index (χ1) is 22.9.